The molecule has 0 aliphatic heterocycles. The first-order valence-corrected chi connectivity index (χ1v) is 12.4. The number of nitrogens with zero attached hydrogens (tertiary/aromatic N) is 1. The molecule has 33 heavy (non-hydrogen) atoms. The predicted octanol–water partition coefficient (Wildman–Crippen LogP) is 5.43. The number of halogens is 1. The first kappa shape index (κ1) is 22.8. The van der Waals surface area contributed by atoms with E-state index in [0.717, 1.165) is 9.75 Å². The van der Waals surface area contributed by atoms with Crippen LogP contribution in [0.1, 0.15) is 25.9 Å². The number of carbonyl (C=O) groups excluding carboxylic acids is 1. The number of benzene rings is 2. The van der Waals surface area contributed by atoms with Gasteiger partial charge in [-0.1, -0.05) is 12.1 Å². The molecule has 1 amide bonds. The quantitative estimate of drug-likeness (QED) is 0.362. The summed E-state index contributed by atoms with van der Waals surface area (Å²) < 4.78 is 46.8. The van der Waals surface area contributed by atoms with Gasteiger partial charge >= 0.3 is 0 Å². The van der Waals surface area contributed by atoms with Crippen molar-refractivity contribution in [2.75, 3.05) is 4.72 Å². The summed E-state index contributed by atoms with van der Waals surface area (Å²) in [5, 5.41) is 0. The van der Waals surface area contributed by atoms with Crippen molar-refractivity contribution >= 4 is 33.0 Å². The minimum Gasteiger partial charge on any atom is -0.467 e. The van der Waals surface area contributed by atoms with Crippen LogP contribution in [0.3, 0.4) is 0 Å². The van der Waals surface area contributed by atoms with Crippen LogP contribution in [-0.4, -0.2) is 19.2 Å². The zero-order valence-electron chi connectivity index (χ0n) is 17.7. The third-order valence-electron chi connectivity index (χ3n) is 4.89. The van der Waals surface area contributed by atoms with Crippen LogP contribution in [0.4, 0.5) is 10.1 Å². The first-order chi connectivity index (χ1) is 15.8. The minimum atomic E-state index is -4.01. The number of sulfonamides is 1. The molecule has 0 spiro atoms. The molecule has 0 radical (unpaired) electrons. The van der Waals surface area contributed by atoms with Crippen LogP contribution < -0.4 is 4.72 Å². The Labute approximate surface area is 195 Å². The second-order valence-corrected chi connectivity index (χ2v) is 10.4. The Balaban J connectivity index is 1.55. The van der Waals surface area contributed by atoms with Crippen molar-refractivity contribution in [1.82, 2.24) is 4.90 Å². The van der Waals surface area contributed by atoms with Gasteiger partial charge in [0.25, 0.3) is 15.9 Å². The Morgan fingerprint density at radius 1 is 1.00 bits per heavy atom. The van der Waals surface area contributed by atoms with Gasteiger partial charge in [0.05, 0.1) is 29.9 Å². The molecule has 0 fully saturated rings. The number of para-hydroxylation sites is 1. The molecule has 1 N–H and O–H groups in total. The highest BCUT2D eigenvalue weighted by molar-refractivity contribution is 7.92. The van der Waals surface area contributed by atoms with Crippen molar-refractivity contribution < 1.29 is 22.0 Å². The lowest BCUT2D eigenvalue weighted by molar-refractivity contribution is 0.0719. The number of amides is 1. The lowest BCUT2D eigenvalue weighted by Crippen LogP contribution is -2.29. The molecule has 0 aliphatic rings. The predicted molar refractivity (Wildman–Crippen MR) is 125 cm³/mol. The van der Waals surface area contributed by atoms with Gasteiger partial charge in [-0.2, -0.15) is 0 Å². The Morgan fingerprint density at radius 3 is 2.39 bits per heavy atom. The van der Waals surface area contributed by atoms with E-state index in [1.165, 1.54) is 48.5 Å². The number of hydrogen-bond donors (Lipinski definition) is 1. The number of thiophene rings is 1. The second kappa shape index (κ2) is 9.60. The number of carbonyl (C=O) groups is 1. The van der Waals surface area contributed by atoms with E-state index in [1.54, 1.807) is 34.6 Å². The zero-order chi connectivity index (χ0) is 23.4. The molecule has 170 valence electrons. The summed E-state index contributed by atoms with van der Waals surface area (Å²) in [7, 11) is -4.01. The van der Waals surface area contributed by atoms with E-state index >= 15 is 0 Å². The fourth-order valence-electron chi connectivity index (χ4n) is 3.26. The highest BCUT2D eigenvalue weighted by Gasteiger charge is 2.21. The molecule has 6 nitrogen and oxygen atoms in total. The van der Waals surface area contributed by atoms with Gasteiger partial charge in [-0.05, 0) is 67.6 Å². The molecule has 0 saturated heterocycles. The average Bonchev–Trinajstić information content (AvgIpc) is 3.46. The molecule has 4 rings (SSSR count). The molecule has 2 heterocycles. The third kappa shape index (κ3) is 5.50. The molecule has 0 atom stereocenters. The highest BCUT2D eigenvalue weighted by Crippen LogP contribution is 2.22. The van der Waals surface area contributed by atoms with Gasteiger partial charge in [0.1, 0.15) is 11.6 Å². The average molecular weight is 485 g/mol. The number of hydrogen-bond acceptors (Lipinski definition) is 5. The SMILES string of the molecule is Cc1ccc(CN(Cc2ccco2)C(=O)c2ccc(S(=O)(=O)Nc3ccccc3F)cc2)s1. The summed E-state index contributed by atoms with van der Waals surface area (Å²) in [6, 6.07) is 18.6. The number of anilines is 1. The van der Waals surface area contributed by atoms with Gasteiger partial charge < -0.3 is 9.32 Å². The van der Waals surface area contributed by atoms with E-state index in [9.17, 15) is 17.6 Å². The maximum absolute atomic E-state index is 13.8. The van der Waals surface area contributed by atoms with Crippen LogP contribution in [0, 0.1) is 12.7 Å². The highest BCUT2D eigenvalue weighted by atomic mass is 32.2. The first-order valence-electron chi connectivity index (χ1n) is 10.1. The normalized spacial score (nSPS) is 11.3. The summed E-state index contributed by atoms with van der Waals surface area (Å²) in [6.07, 6.45) is 1.55. The van der Waals surface area contributed by atoms with Gasteiger partial charge in [0.15, 0.2) is 0 Å². The Kier molecular flexibility index (Phi) is 6.62. The number of furan rings is 1. The summed E-state index contributed by atoms with van der Waals surface area (Å²) in [6.45, 7) is 2.67. The van der Waals surface area contributed by atoms with Crippen LogP contribution >= 0.6 is 11.3 Å². The van der Waals surface area contributed by atoms with Crippen LogP contribution in [0.2, 0.25) is 0 Å². The molecule has 0 aliphatic carbocycles. The minimum absolute atomic E-state index is 0.0752. The second-order valence-electron chi connectivity index (χ2n) is 7.36. The molecular weight excluding hydrogens is 463 g/mol. The van der Waals surface area contributed by atoms with E-state index in [-0.39, 0.29) is 23.0 Å². The van der Waals surface area contributed by atoms with Crippen LogP contribution in [-0.2, 0) is 23.1 Å². The van der Waals surface area contributed by atoms with Crippen molar-refractivity contribution in [3.63, 3.8) is 0 Å². The smallest absolute Gasteiger partial charge is 0.261 e. The van der Waals surface area contributed by atoms with E-state index < -0.39 is 15.8 Å². The van der Waals surface area contributed by atoms with E-state index in [2.05, 4.69) is 4.72 Å². The van der Waals surface area contributed by atoms with Gasteiger partial charge in [-0.25, -0.2) is 12.8 Å². The summed E-state index contributed by atoms with van der Waals surface area (Å²) in [4.78, 5) is 17.0. The fourth-order valence-corrected chi connectivity index (χ4v) is 5.23. The van der Waals surface area contributed by atoms with Crippen molar-refractivity contribution in [3.05, 3.63) is 106 Å². The molecule has 0 bridgehead atoms. The Hall–Kier alpha value is -3.43. The van der Waals surface area contributed by atoms with Gasteiger partial charge in [0, 0.05) is 15.3 Å². The van der Waals surface area contributed by atoms with E-state index in [1.807, 2.05) is 19.1 Å². The molecule has 9 heteroatoms. The molecule has 0 saturated carbocycles. The van der Waals surface area contributed by atoms with E-state index in [4.69, 9.17) is 4.42 Å². The van der Waals surface area contributed by atoms with Crippen LogP contribution in [0.5, 0.6) is 0 Å². The largest absolute Gasteiger partial charge is 0.467 e. The maximum atomic E-state index is 13.8. The number of aryl methyl sites for hydroxylation is 1. The molecule has 0 unspecified atom stereocenters. The lowest BCUT2D eigenvalue weighted by Gasteiger charge is -2.21. The molecule has 4 aromatic rings. The molecular formula is C24H21FN2O4S2. The summed E-state index contributed by atoms with van der Waals surface area (Å²) in [5.74, 6) is -0.293. The fraction of sp³-hybridized carbons (Fsp3) is 0.125. The third-order valence-corrected chi connectivity index (χ3v) is 7.25. The maximum Gasteiger partial charge on any atom is 0.261 e. The zero-order valence-corrected chi connectivity index (χ0v) is 19.3. The standard InChI is InChI=1S/C24H21FN2O4S2/c1-17-8-11-20(32-17)16-27(15-19-5-4-14-31-19)24(28)18-9-12-21(13-10-18)33(29,30)26-23-7-3-2-6-22(23)25/h2-14,26H,15-16H2,1H3. The van der Waals surface area contributed by atoms with E-state index in [0.29, 0.717) is 17.9 Å². The summed E-state index contributed by atoms with van der Waals surface area (Å²) >= 11 is 1.61. The van der Waals surface area contributed by atoms with Gasteiger partial charge in [0.2, 0.25) is 0 Å². The Bertz CT molecular complexity index is 1350. The lowest BCUT2D eigenvalue weighted by atomic mass is 10.2. The number of rotatable bonds is 8. The van der Waals surface area contributed by atoms with Crippen molar-refractivity contribution in [3.8, 4) is 0 Å². The van der Waals surface area contributed by atoms with Gasteiger partial charge in [-0.15, -0.1) is 11.3 Å². The topological polar surface area (TPSA) is 79.6 Å². The van der Waals surface area contributed by atoms with Crippen LogP contribution in [0.25, 0.3) is 0 Å². The molecule has 2 aromatic heterocycles. The summed E-state index contributed by atoms with van der Waals surface area (Å²) in [5.41, 5.74) is 0.188. The van der Waals surface area contributed by atoms with Gasteiger partial charge in [-0.3, -0.25) is 9.52 Å². The van der Waals surface area contributed by atoms with Crippen LogP contribution in [0.15, 0.2) is 88.4 Å². The van der Waals surface area contributed by atoms with Crippen molar-refractivity contribution in [2.24, 2.45) is 0 Å². The molecule has 2 aromatic carbocycles. The van der Waals surface area contributed by atoms with Crippen molar-refractivity contribution in [1.29, 1.82) is 0 Å². The monoisotopic (exact) mass is 484 g/mol. The number of nitrogens with one attached hydrogen (secondary N) is 1. The van der Waals surface area contributed by atoms with Crippen molar-refractivity contribution in [2.45, 2.75) is 24.9 Å². The Morgan fingerprint density at radius 2 is 1.76 bits per heavy atom.